The summed E-state index contributed by atoms with van der Waals surface area (Å²) in [7, 11) is 0. The van der Waals surface area contributed by atoms with Crippen LogP contribution in [0, 0.1) is 5.92 Å². The fourth-order valence-electron chi connectivity index (χ4n) is 2.64. The molecule has 1 aromatic carbocycles. The van der Waals surface area contributed by atoms with Gasteiger partial charge in [0.1, 0.15) is 17.9 Å². The highest BCUT2D eigenvalue weighted by Gasteiger charge is 2.29. The maximum absolute atomic E-state index is 11.8. The van der Waals surface area contributed by atoms with Crippen molar-refractivity contribution in [2.45, 2.75) is 65.7 Å². The van der Waals surface area contributed by atoms with E-state index in [1.165, 1.54) is 0 Å². The molecule has 0 aliphatic heterocycles. The number of carbonyl (C=O) groups excluding carboxylic acids is 1. The van der Waals surface area contributed by atoms with Gasteiger partial charge in [0.05, 0.1) is 6.10 Å². The fraction of sp³-hybridized carbons (Fsp3) is 0.611. The van der Waals surface area contributed by atoms with Crippen LogP contribution in [0.25, 0.3) is 0 Å². The Kier molecular flexibility index (Phi) is 6.88. The molecule has 2 N–H and O–H groups in total. The van der Waals surface area contributed by atoms with Crippen molar-refractivity contribution in [1.82, 2.24) is 0 Å². The van der Waals surface area contributed by atoms with Crippen molar-refractivity contribution in [1.29, 1.82) is 0 Å². The Morgan fingerprint density at radius 2 is 1.64 bits per heavy atom. The zero-order chi connectivity index (χ0) is 16.9. The first-order chi connectivity index (χ1) is 10.2. The van der Waals surface area contributed by atoms with Crippen molar-refractivity contribution in [3.05, 3.63) is 29.8 Å². The van der Waals surface area contributed by atoms with Crippen molar-refractivity contribution < 1.29 is 14.3 Å². The van der Waals surface area contributed by atoms with E-state index >= 15 is 0 Å². The molecule has 4 heteroatoms. The highest BCUT2D eigenvalue weighted by molar-refractivity contribution is 5.75. The summed E-state index contributed by atoms with van der Waals surface area (Å²) in [6.07, 6.45) is -0.175. The lowest BCUT2D eigenvalue weighted by Crippen LogP contribution is -2.34. The molecule has 22 heavy (non-hydrogen) atoms. The summed E-state index contributed by atoms with van der Waals surface area (Å²) in [5.74, 6) is 0.825. The Balaban J connectivity index is 3.08. The van der Waals surface area contributed by atoms with Crippen molar-refractivity contribution >= 4 is 5.97 Å². The van der Waals surface area contributed by atoms with Gasteiger partial charge in [-0.15, -0.1) is 0 Å². The van der Waals surface area contributed by atoms with Crippen molar-refractivity contribution in [2.75, 3.05) is 0 Å². The third-order valence-corrected chi connectivity index (χ3v) is 3.54. The van der Waals surface area contributed by atoms with Gasteiger partial charge < -0.3 is 15.2 Å². The van der Waals surface area contributed by atoms with Gasteiger partial charge in [0.2, 0.25) is 0 Å². The van der Waals surface area contributed by atoms with Gasteiger partial charge in [0, 0.05) is 11.5 Å². The van der Waals surface area contributed by atoms with Gasteiger partial charge in [-0.05, 0) is 39.7 Å². The molecule has 4 nitrogen and oxygen atoms in total. The third kappa shape index (κ3) is 5.02. The first-order valence-corrected chi connectivity index (χ1v) is 7.95. The molecule has 0 fully saturated rings. The minimum atomic E-state index is -0.613. The molecule has 1 aromatic rings. The number of rotatable bonds is 7. The fourth-order valence-corrected chi connectivity index (χ4v) is 2.64. The van der Waals surface area contributed by atoms with E-state index < -0.39 is 6.04 Å². The first-order valence-electron chi connectivity index (χ1n) is 7.95. The van der Waals surface area contributed by atoms with Crippen LogP contribution in [-0.2, 0) is 9.53 Å². The van der Waals surface area contributed by atoms with E-state index in [0.29, 0.717) is 5.92 Å². The molecule has 124 valence electrons. The number of esters is 1. The Labute approximate surface area is 134 Å². The number of hydrogen-bond donors (Lipinski definition) is 1. The normalized spacial score (nSPS) is 15.5. The Morgan fingerprint density at radius 3 is 2.14 bits per heavy atom. The van der Waals surface area contributed by atoms with Crippen LogP contribution in [0.4, 0.5) is 0 Å². The van der Waals surface area contributed by atoms with Crippen LogP contribution < -0.4 is 10.5 Å². The lowest BCUT2D eigenvalue weighted by Gasteiger charge is -2.30. The Bertz CT molecular complexity index is 483. The molecule has 0 radical (unpaired) electrons. The van der Waals surface area contributed by atoms with Gasteiger partial charge >= 0.3 is 5.97 Å². The van der Waals surface area contributed by atoms with Gasteiger partial charge in [0.25, 0.3) is 0 Å². The van der Waals surface area contributed by atoms with Crippen molar-refractivity contribution in [2.24, 2.45) is 11.7 Å². The summed E-state index contributed by atoms with van der Waals surface area (Å²) >= 11 is 0. The standard InChI is InChI=1S/C18H29NO3/c1-11(2)17(14(6)22-18(20)13(5)19)15-9-7-8-10-16(15)21-12(3)4/h7-14,17H,19H2,1-6H3/t13-,14-,17+/m0/s1. The molecule has 0 spiro atoms. The smallest absolute Gasteiger partial charge is 0.322 e. The third-order valence-electron chi connectivity index (χ3n) is 3.54. The van der Waals surface area contributed by atoms with Gasteiger partial charge in [0.15, 0.2) is 0 Å². The second-order valence-electron chi connectivity index (χ2n) is 6.40. The monoisotopic (exact) mass is 307 g/mol. The largest absolute Gasteiger partial charge is 0.491 e. The molecule has 3 atom stereocenters. The summed E-state index contributed by atoms with van der Waals surface area (Å²) in [6.45, 7) is 11.8. The van der Waals surface area contributed by atoms with Crippen LogP contribution in [0.1, 0.15) is 53.0 Å². The quantitative estimate of drug-likeness (QED) is 0.783. The SMILES string of the molecule is CC(C)Oc1ccccc1[C@H](C(C)C)[C@H](C)OC(=O)[C@H](C)N. The number of nitrogens with two attached hydrogens (primary N) is 1. The van der Waals surface area contributed by atoms with Crippen LogP contribution in [0.2, 0.25) is 0 Å². The number of benzene rings is 1. The zero-order valence-corrected chi connectivity index (χ0v) is 14.5. The van der Waals surface area contributed by atoms with Gasteiger partial charge in [-0.3, -0.25) is 4.79 Å². The first kappa shape index (κ1) is 18.5. The minimum Gasteiger partial charge on any atom is -0.491 e. The maximum atomic E-state index is 11.8. The van der Waals surface area contributed by atoms with Gasteiger partial charge in [-0.2, -0.15) is 0 Å². The molecule has 0 aromatic heterocycles. The van der Waals surface area contributed by atoms with E-state index in [0.717, 1.165) is 11.3 Å². The molecule has 0 saturated heterocycles. The van der Waals surface area contributed by atoms with Crippen molar-refractivity contribution in [3.63, 3.8) is 0 Å². The molecule has 1 rings (SSSR count). The van der Waals surface area contributed by atoms with Crippen LogP contribution >= 0.6 is 0 Å². The summed E-state index contributed by atoms with van der Waals surface area (Å²) < 4.78 is 11.4. The molecule has 0 heterocycles. The van der Waals surface area contributed by atoms with Gasteiger partial charge in [-0.1, -0.05) is 32.0 Å². The van der Waals surface area contributed by atoms with Gasteiger partial charge in [-0.25, -0.2) is 0 Å². The average molecular weight is 307 g/mol. The summed E-state index contributed by atoms with van der Waals surface area (Å²) in [4.78, 5) is 11.8. The number of ether oxygens (including phenoxy) is 2. The highest BCUT2D eigenvalue weighted by atomic mass is 16.5. The number of para-hydroxylation sites is 1. The van der Waals surface area contributed by atoms with Crippen LogP contribution in [0.3, 0.4) is 0 Å². The minimum absolute atomic E-state index is 0.0534. The molecular weight excluding hydrogens is 278 g/mol. The number of hydrogen-bond acceptors (Lipinski definition) is 4. The zero-order valence-electron chi connectivity index (χ0n) is 14.5. The molecule has 0 unspecified atom stereocenters. The molecule has 0 saturated carbocycles. The molecular formula is C18H29NO3. The summed E-state index contributed by atoms with van der Waals surface area (Å²) in [6, 6.07) is 7.33. The van der Waals surface area contributed by atoms with Crippen LogP contribution in [0.5, 0.6) is 5.75 Å². The molecule has 0 aliphatic carbocycles. The highest BCUT2D eigenvalue weighted by Crippen LogP contribution is 2.36. The van der Waals surface area contributed by atoms with E-state index in [9.17, 15) is 4.79 Å². The topological polar surface area (TPSA) is 61.5 Å². The lowest BCUT2D eigenvalue weighted by molar-refractivity contribution is -0.151. The summed E-state index contributed by atoms with van der Waals surface area (Å²) in [5.41, 5.74) is 6.66. The average Bonchev–Trinajstić information content (AvgIpc) is 2.39. The van der Waals surface area contributed by atoms with E-state index in [4.69, 9.17) is 15.2 Å². The second-order valence-corrected chi connectivity index (χ2v) is 6.40. The molecule has 0 amide bonds. The second kappa shape index (κ2) is 8.18. The van der Waals surface area contributed by atoms with Crippen molar-refractivity contribution in [3.8, 4) is 5.75 Å². The molecule has 0 aliphatic rings. The van der Waals surface area contributed by atoms with Crippen LogP contribution in [-0.4, -0.2) is 24.2 Å². The maximum Gasteiger partial charge on any atom is 0.322 e. The van der Waals surface area contributed by atoms with E-state index in [1.807, 2.05) is 45.0 Å². The molecule has 0 bridgehead atoms. The Hall–Kier alpha value is -1.55. The van der Waals surface area contributed by atoms with E-state index in [-0.39, 0.29) is 24.1 Å². The lowest BCUT2D eigenvalue weighted by atomic mass is 9.84. The van der Waals surface area contributed by atoms with E-state index in [1.54, 1.807) is 6.92 Å². The predicted octanol–water partition coefficient (Wildman–Crippen LogP) is 3.49. The van der Waals surface area contributed by atoms with E-state index in [2.05, 4.69) is 13.8 Å². The number of carbonyl (C=O) groups is 1. The van der Waals surface area contributed by atoms with Crippen LogP contribution in [0.15, 0.2) is 24.3 Å². The Morgan fingerprint density at radius 1 is 1.05 bits per heavy atom. The predicted molar refractivity (Wildman–Crippen MR) is 89.0 cm³/mol. The summed E-state index contributed by atoms with van der Waals surface area (Å²) in [5, 5.41) is 0.